The van der Waals surface area contributed by atoms with Crippen LogP contribution in [0.1, 0.15) is 0 Å². The van der Waals surface area contributed by atoms with E-state index in [1.165, 1.54) is 0 Å². The van der Waals surface area contributed by atoms with Gasteiger partial charge < -0.3 is 5.11 Å². The first-order valence-electron chi connectivity index (χ1n) is 2.13. The number of aromatic hydroxyl groups is 1. The number of benzene rings is 1. The SMILES string of the molecule is Oc1ccccc1.[Se]. The van der Waals surface area contributed by atoms with Gasteiger partial charge in [0.15, 0.2) is 0 Å². The standard InChI is InChI=1S/C6H6O.Se/c7-6-4-2-1-3-5-6;/h1-5,7H;. The minimum Gasteiger partial charge on any atom is -0.508 e. The van der Waals surface area contributed by atoms with Crippen LogP contribution in [0.25, 0.3) is 0 Å². The molecule has 1 aromatic carbocycles. The van der Waals surface area contributed by atoms with Crippen LogP contribution in [0, 0.1) is 0 Å². The van der Waals surface area contributed by atoms with Gasteiger partial charge in [-0.1, -0.05) is 18.2 Å². The average Bonchev–Trinajstić information content (AvgIpc) is 1.69. The van der Waals surface area contributed by atoms with Crippen molar-refractivity contribution in [2.75, 3.05) is 0 Å². The Bertz CT molecular complexity index is 138. The summed E-state index contributed by atoms with van der Waals surface area (Å²) < 4.78 is 0. The van der Waals surface area contributed by atoms with E-state index in [9.17, 15) is 0 Å². The van der Waals surface area contributed by atoms with Crippen molar-refractivity contribution >= 4 is 17.1 Å². The van der Waals surface area contributed by atoms with Gasteiger partial charge in [0.05, 0.1) is 0 Å². The van der Waals surface area contributed by atoms with E-state index in [2.05, 4.69) is 0 Å². The summed E-state index contributed by atoms with van der Waals surface area (Å²) in [7, 11) is 0. The normalized spacial score (nSPS) is 7.50. The zero-order valence-electron chi connectivity index (χ0n) is 4.24. The van der Waals surface area contributed by atoms with Crippen LogP contribution in [0.15, 0.2) is 30.3 Å². The Labute approximate surface area is 58.8 Å². The molecule has 2 heteroatoms. The van der Waals surface area contributed by atoms with E-state index in [1.54, 1.807) is 24.3 Å². The number of phenolic OH excluding ortho intramolecular Hbond substituents is 1. The van der Waals surface area contributed by atoms with Gasteiger partial charge in [-0.05, 0) is 12.1 Å². The molecule has 0 aromatic heterocycles. The van der Waals surface area contributed by atoms with Crippen molar-refractivity contribution in [1.82, 2.24) is 0 Å². The monoisotopic (exact) mass is 174 g/mol. The van der Waals surface area contributed by atoms with Gasteiger partial charge in [-0.25, -0.2) is 0 Å². The maximum atomic E-state index is 8.63. The molecule has 0 atom stereocenters. The molecular formula is C6H6OSe. The predicted octanol–water partition coefficient (Wildman–Crippen LogP) is 1.01. The first-order chi connectivity index (χ1) is 3.39. The summed E-state index contributed by atoms with van der Waals surface area (Å²) in [6.45, 7) is 0. The third kappa shape index (κ3) is 2.01. The minimum absolute atomic E-state index is 0. The number of rotatable bonds is 0. The van der Waals surface area contributed by atoms with Gasteiger partial charge in [0, 0.05) is 17.1 Å². The average molecular weight is 173 g/mol. The van der Waals surface area contributed by atoms with Crippen LogP contribution < -0.4 is 0 Å². The van der Waals surface area contributed by atoms with Crippen LogP contribution in [0.3, 0.4) is 0 Å². The Morgan fingerprint density at radius 3 is 1.75 bits per heavy atom. The van der Waals surface area contributed by atoms with Crippen molar-refractivity contribution < 1.29 is 5.11 Å². The fourth-order valence-electron chi connectivity index (χ4n) is 0.428. The van der Waals surface area contributed by atoms with Crippen molar-refractivity contribution in [3.8, 4) is 5.75 Å². The molecule has 0 saturated carbocycles. The molecule has 8 heavy (non-hydrogen) atoms. The van der Waals surface area contributed by atoms with Gasteiger partial charge in [0.25, 0.3) is 0 Å². The largest absolute Gasteiger partial charge is 0.508 e. The third-order valence-electron chi connectivity index (χ3n) is 0.756. The molecular weight excluding hydrogens is 167 g/mol. The first kappa shape index (κ1) is 7.54. The van der Waals surface area contributed by atoms with Gasteiger partial charge in [-0.15, -0.1) is 0 Å². The summed E-state index contributed by atoms with van der Waals surface area (Å²) in [4.78, 5) is 0. The molecule has 0 fully saturated rings. The molecule has 0 amide bonds. The molecule has 0 saturated heterocycles. The summed E-state index contributed by atoms with van der Waals surface area (Å²) in [5, 5.41) is 8.63. The van der Waals surface area contributed by atoms with Crippen molar-refractivity contribution in [2.45, 2.75) is 0 Å². The Morgan fingerprint density at radius 1 is 1.00 bits per heavy atom. The molecule has 0 aliphatic heterocycles. The van der Waals surface area contributed by atoms with Crippen molar-refractivity contribution in [1.29, 1.82) is 0 Å². The fourth-order valence-corrected chi connectivity index (χ4v) is 0.428. The summed E-state index contributed by atoms with van der Waals surface area (Å²) in [5.74, 6) is 0.322. The summed E-state index contributed by atoms with van der Waals surface area (Å²) >= 11 is 0. The summed E-state index contributed by atoms with van der Waals surface area (Å²) in [5.41, 5.74) is 0. The molecule has 0 aliphatic rings. The van der Waals surface area contributed by atoms with E-state index >= 15 is 0 Å². The number of para-hydroxylation sites is 1. The zero-order valence-corrected chi connectivity index (χ0v) is 5.96. The van der Waals surface area contributed by atoms with E-state index in [0.29, 0.717) is 5.75 Å². The number of hydrogen-bond acceptors (Lipinski definition) is 1. The second-order valence-corrected chi connectivity index (χ2v) is 1.34. The molecule has 0 unspecified atom stereocenters. The predicted molar refractivity (Wildman–Crippen MR) is 33.9 cm³/mol. The molecule has 1 N–H and O–H groups in total. The Morgan fingerprint density at radius 2 is 1.50 bits per heavy atom. The first-order valence-corrected chi connectivity index (χ1v) is 2.13. The van der Waals surface area contributed by atoms with Crippen LogP contribution >= 0.6 is 0 Å². The van der Waals surface area contributed by atoms with E-state index < -0.39 is 0 Å². The second-order valence-electron chi connectivity index (χ2n) is 1.34. The second kappa shape index (κ2) is 3.53. The van der Waals surface area contributed by atoms with Crippen LogP contribution in [0.5, 0.6) is 5.75 Å². The van der Waals surface area contributed by atoms with Crippen LogP contribution in [0.2, 0.25) is 0 Å². The smallest absolute Gasteiger partial charge is 0.115 e. The molecule has 42 valence electrons. The maximum Gasteiger partial charge on any atom is 0.115 e. The van der Waals surface area contributed by atoms with Gasteiger partial charge in [-0.3, -0.25) is 0 Å². The van der Waals surface area contributed by atoms with Gasteiger partial charge in [0.2, 0.25) is 0 Å². The molecule has 1 rings (SSSR count). The molecule has 1 aromatic rings. The number of hydrogen-bond donors (Lipinski definition) is 1. The quantitative estimate of drug-likeness (QED) is 0.580. The third-order valence-corrected chi connectivity index (χ3v) is 0.756. The van der Waals surface area contributed by atoms with E-state index in [4.69, 9.17) is 5.11 Å². The minimum atomic E-state index is 0. The maximum absolute atomic E-state index is 8.63. The summed E-state index contributed by atoms with van der Waals surface area (Å²) in [6.07, 6.45) is 0. The molecule has 0 heterocycles. The fraction of sp³-hybridized carbons (Fsp3) is 0. The Kier molecular flexibility index (Phi) is 3.33. The molecule has 0 spiro atoms. The van der Waals surface area contributed by atoms with E-state index in [-0.39, 0.29) is 17.1 Å². The van der Waals surface area contributed by atoms with Crippen LogP contribution in [-0.4, -0.2) is 22.2 Å². The van der Waals surface area contributed by atoms with Crippen LogP contribution in [-0.2, 0) is 0 Å². The summed E-state index contributed by atoms with van der Waals surface area (Å²) in [6, 6.07) is 8.71. The van der Waals surface area contributed by atoms with Crippen LogP contribution in [0.4, 0.5) is 0 Å². The molecule has 1 nitrogen and oxygen atoms in total. The number of phenols is 1. The van der Waals surface area contributed by atoms with Gasteiger partial charge in [0.1, 0.15) is 5.75 Å². The van der Waals surface area contributed by atoms with E-state index in [1.807, 2.05) is 6.07 Å². The Balaban J connectivity index is 0.000000490. The van der Waals surface area contributed by atoms with Gasteiger partial charge >= 0.3 is 0 Å². The van der Waals surface area contributed by atoms with Crippen molar-refractivity contribution in [2.24, 2.45) is 0 Å². The molecule has 0 aliphatic carbocycles. The van der Waals surface area contributed by atoms with E-state index in [0.717, 1.165) is 0 Å². The topological polar surface area (TPSA) is 20.2 Å². The van der Waals surface area contributed by atoms with Gasteiger partial charge in [-0.2, -0.15) is 0 Å². The van der Waals surface area contributed by atoms with Crippen molar-refractivity contribution in [3.05, 3.63) is 30.3 Å². The van der Waals surface area contributed by atoms with Crippen molar-refractivity contribution in [3.63, 3.8) is 0 Å². The zero-order chi connectivity index (χ0) is 5.11. The molecule has 0 bridgehead atoms. The molecule has 2 radical (unpaired) electrons. The Hall–Kier alpha value is -0.461.